The van der Waals surface area contributed by atoms with E-state index < -0.39 is 0 Å². The number of amides is 2. The minimum absolute atomic E-state index is 0.0183. The minimum Gasteiger partial charge on any atom is -0.484 e. The average molecular weight is 344 g/mol. The Hall–Kier alpha value is -2.76. The van der Waals surface area contributed by atoms with Gasteiger partial charge >= 0.3 is 0 Å². The molecule has 6 heteroatoms. The molecule has 0 aliphatic heterocycles. The third kappa shape index (κ3) is 5.67. The van der Waals surface area contributed by atoms with Crippen molar-refractivity contribution < 1.29 is 18.7 Å². The number of furan rings is 1. The molecule has 0 spiro atoms. The second kappa shape index (κ2) is 9.52. The predicted octanol–water partition coefficient (Wildman–Crippen LogP) is 3.56. The van der Waals surface area contributed by atoms with Gasteiger partial charge in [-0.1, -0.05) is 19.9 Å². The van der Waals surface area contributed by atoms with E-state index in [1.165, 1.54) is 6.26 Å². The van der Waals surface area contributed by atoms with Gasteiger partial charge in [-0.2, -0.15) is 0 Å². The van der Waals surface area contributed by atoms with Crippen molar-refractivity contribution in [3.63, 3.8) is 0 Å². The Bertz CT molecular complexity index is 676. The molecule has 2 amide bonds. The Kier molecular flexibility index (Phi) is 7.07. The third-order valence-electron chi connectivity index (χ3n) is 3.54. The molecule has 2 aromatic rings. The molecule has 1 aromatic heterocycles. The van der Waals surface area contributed by atoms with Gasteiger partial charge in [0.2, 0.25) is 0 Å². The van der Waals surface area contributed by atoms with E-state index in [4.69, 9.17) is 9.15 Å². The van der Waals surface area contributed by atoms with Crippen LogP contribution in [-0.2, 0) is 4.79 Å². The van der Waals surface area contributed by atoms with Crippen molar-refractivity contribution in [3.05, 3.63) is 48.4 Å². The van der Waals surface area contributed by atoms with Crippen LogP contribution in [0.1, 0.15) is 37.2 Å². The summed E-state index contributed by atoms with van der Waals surface area (Å²) in [6.45, 7) is 5.53. The van der Waals surface area contributed by atoms with Crippen molar-refractivity contribution in [2.24, 2.45) is 0 Å². The molecule has 0 unspecified atom stereocenters. The van der Waals surface area contributed by atoms with Crippen LogP contribution in [-0.4, -0.2) is 36.4 Å². The van der Waals surface area contributed by atoms with Crippen molar-refractivity contribution in [1.82, 2.24) is 4.90 Å². The van der Waals surface area contributed by atoms with Crippen LogP contribution in [0.2, 0.25) is 0 Å². The summed E-state index contributed by atoms with van der Waals surface area (Å²) < 4.78 is 10.6. The summed E-state index contributed by atoms with van der Waals surface area (Å²) in [7, 11) is 0. The summed E-state index contributed by atoms with van der Waals surface area (Å²) in [4.78, 5) is 26.0. The molecule has 0 atom stereocenters. The van der Waals surface area contributed by atoms with E-state index in [1.54, 1.807) is 36.4 Å². The van der Waals surface area contributed by atoms with E-state index in [-0.39, 0.29) is 24.2 Å². The van der Waals surface area contributed by atoms with Gasteiger partial charge in [-0.3, -0.25) is 9.59 Å². The number of benzene rings is 1. The fourth-order valence-corrected chi connectivity index (χ4v) is 2.40. The number of rotatable bonds is 9. The number of ether oxygens (including phenoxy) is 1. The highest BCUT2D eigenvalue weighted by molar-refractivity contribution is 6.02. The van der Waals surface area contributed by atoms with Crippen molar-refractivity contribution >= 4 is 17.5 Å². The summed E-state index contributed by atoms with van der Waals surface area (Å²) in [5, 5.41) is 2.73. The number of nitrogens with one attached hydrogen (secondary N) is 1. The molecular weight excluding hydrogens is 320 g/mol. The van der Waals surface area contributed by atoms with Gasteiger partial charge in [0.05, 0.1) is 6.26 Å². The summed E-state index contributed by atoms with van der Waals surface area (Å²) in [5.41, 5.74) is 0.574. The largest absolute Gasteiger partial charge is 0.484 e. The first-order valence-electron chi connectivity index (χ1n) is 8.49. The SMILES string of the molecule is CCCN(CCC)C(=O)COc1cccc(NC(=O)c2ccco2)c1. The average Bonchev–Trinajstić information content (AvgIpc) is 3.14. The van der Waals surface area contributed by atoms with Gasteiger partial charge in [0.1, 0.15) is 5.75 Å². The Morgan fingerprint density at radius 2 is 1.88 bits per heavy atom. The van der Waals surface area contributed by atoms with Crippen LogP contribution in [0.25, 0.3) is 0 Å². The molecule has 0 saturated carbocycles. The number of anilines is 1. The van der Waals surface area contributed by atoms with Gasteiger partial charge < -0.3 is 19.4 Å². The van der Waals surface area contributed by atoms with Crippen molar-refractivity contribution in [1.29, 1.82) is 0 Å². The normalized spacial score (nSPS) is 10.3. The van der Waals surface area contributed by atoms with Crippen LogP contribution in [0.3, 0.4) is 0 Å². The van der Waals surface area contributed by atoms with Crippen LogP contribution in [0, 0.1) is 0 Å². The summed E-state index contributed by atoms with van der Waals surface area (Å²) in [6.07, 6.45) is 3.28. The second-order valence-corrected chi connectivity index (χ2v) is 5.63. The highest BCUT2D eigenvalue weighted by Crippen LogP contribution is 2.18. The zero-order chi connectivity index (χ0) is 18.1. The molecule has 0 fully saturated rings. The molecule has 1 heterocycles. The molecule has 1 aromatic carbocycles. The topological polar surface area (TPSA) is 71.8 Å². The van der Waals surface area contributed by atoms with E-state index in [9.17, 15) is 9.59 Å². The Morgan fingerprint density at radius 1 is 1.12 bits per heavy atom. The molecule has 2 rings (SSSR count). The first-order chi connectivity index (χ1) is 12.1. The smallest absolute Gasteiger partial charge is 0.291 e. The van der Waals surface area contributed by atoms with Crippen molar-refractivity contribution in [3.8, 4) is 5.75 Å². The number of carbonyl (C=O) groups excluding carboxylic acids is 2. The van der Waals surface area contributed by atoms with Crippen LogP contribution in [0.4, 0.5) is 5.69 Å². The fourth-order valence-electron chi connectivity index (χ4n) is 2.40. The molecule has 0 aliphatic rings. The molecule has 6 nitrogen and oxygen atoms in total. The fraction of sp³-hybridized carbons (Fsp3) is 0.368. The number of nitrogens with zero attached hydrogens (tertiary/aromatic N) is 1. The van der Waals surface area contributed by atoms with E-state index >= 15 is 0 Å². The first-order valence-corrected chi connectivity index (χ1v) is 8.49. The summed E-state index contributed by atoms with van der Waals surface area (Å²) in [5.74, 6) is 0.388. The van der Waals surface area contributed by atoms with Crippen molar-refractivity contribution in [2.75, 3.05) is 25.0 Å². The molecule has 1 N–H and O–H groups in total. The number of hydrogen-bond acceptors (Lipinski definition) is 4. The molecule has 0 saturated heterocycles. The van der Waals surface area contributed by atoms with Gasteiger partial charge in [-0.25, -0.2) is 0 Å². The number of carbonyl (C=O) groups is 2. The zero-order valence-electron chi connectivity index (χ0n) is 14.7. The lowest BCUT2D eigenvalue weighted by molar-refractivity contribution is -0.133. The molecule has 134 valence electrons. The Labute approximate surface area is 147 Å². The lowest BCUT2D eigenvalue weighted by Gasteiger charge is -2.21. The molecule has 25 heavy (non-hydrogen) atoms. The molecule has 0 radical (unpaired) electrons. The molecule has 0 bridgehead atoms. The minimum atomic E-state index is -0.338. The van der Waals surface area contributed by atoms with Gasteiger partial charge in [-0.05, 0) is 37.1 Å². The Morgan fingerprint density at radius 3 is 2.52 bits per heavy atom. The maximum absolute atomic E-state index is 12.2. The van der Waals surface area contributed by atoms with E-state index in [0.717, 1.165) is 25.9 Å². The quantitative estimate of drug-likeness (QED) is 0.755. The van der Waals surface area contributed by atoms with Crippen LogP contribution >= 0.6 is 0 Å². The Balaban J connectivity index is 1.92. The lowest BCUT2D eigenvalue weighted by atomic mass is 10.3. The zero-order valence-corrected chi connectivity index (χ0v) is 14.7. The highest BCUT2D eigenvalue weighted by Gasteiger charge is 2.13. The standard InChI is InChI=1S/C19H24N2O4/c1-3-10-21(11-4-2)18(22)14-25-16-8-5-7-15(13-16)20-19(23)17-9-6-12-24-17/h5-9,12-13H,3-4,10-11,14H2,1-2H3,(H,20,23). The van der Waals surface area contributed by atoms with Gasteiger partial charge in [0.15, 0.2) is 12.4 Å². The van der Waals surface area contributed by atoms with E-state index in [0.29, 0.717) is 11.4 Å². The molecular formula is C19H24N2O4. The van der Waals surface area contributed by atoms with Crippen molar-refractivity contribution in [2.45, 2.75) is 26.7 Å². The van der Waals surface area contributed by atoms with Gasteiger partial charge in [-0.15, -0.1) is 0 Å². The monoisotopic (exact) mass is 344 g/mol. The second-order valence-electron chi connectivity index (χ2n) is 5.63. The maximum atomic E-state index is 12.2. The lowest BCUT2D eigenvalue weighted by Crippen LogP contribution is -2.36. The summed E-state index contributed by atoms with van der Waals surface area (Å²) in [6, 6.07) is 10.2. The first kappa shape index (κ1) is 18.6. The van der Waals surface area contributed by atoms with Crippen LogP contribution < -0.4 is 10.1 Å². The van der Waals surface area contributed by atoms with E-state index in [1.807, 2.05) is 18.7 Å². The maximum Gasteiger partial charge on any atom is 0.291 e. The molecule has 0 aliphatic carbocycles. The van der Waals surface area contributed by atoms with E-state index in [2.05, 4.69) is 5.32 Å². The predicted molar refractivity (Wildman–Crippen MR) is 95.8 cm³/mol. The van der Waals surface area contributed by atoms with Crippen LogP contribution in [0.15, 0.2) is 47.1 Å². The highest BCUT2D eigenvalue weighted by atomic mass is 16.5. The third-order valence-corrected chi connectivity index (χ3v) is 3.54. The summed E-state index contributed by atoms with van der Waals surface area (Å²) >= 11 is 0. The van der Waals surface area contributed by atoms with Crippen LogP contribution in [0.5, 0.6) is 5.75 Å². The van der Waals surface area contributed by atoms with Gasteiger partial charge in [0, 0.05) is 24.8 Å². The van der Waals surface area contributed by atoms with Gasteiger partial charge in [0.25, 0.3) is 11.8 Å². The number of hydrogen-bond donors (Lipinski definition) is 1.